The van der Waals surface area contributed by atoms with Crippen LogP contribution in [0.2, 0.25) is 0 Å². The number of rotatable bonds is 9. The first-order valence-electron chi connectivity index (χ1n) is 14.2. The second-order valence-electron chi connectivity index (χ2n) is 12.8. The molecule has 0 unspecified atom stereocenters. The zero-order valence-electron chi connectivity index (χ0n) is 24.7. The van der Waals surface area contributed by atoms with Crippen LogP contribution in [0, 0.1) is 24.7 Å². The molecule has 0 radical (unpaired) electrons. The summed E-state index contributed by atoms with van der Waals surface area (Å²) in [6, 6.07) is 3.49. The van der Waals surface area contributed by atoms with Crippen LogP contribution in [0.5, 0.6) is 0 Å². The van der Waals surface area contributed by atoms with Gasteiger partial charge in [-0.15, -0.1) is 0 Å². The zero-order chi connectivity index (χ0) is 29.0. The fourth-order valence-corrected chi connectivity index (χ4v) is 6.39. The van der Waals surface area contributed by atoms with Crippen molar-refractivity contribution in [3.63, 3.8) is 0 Å². The molecule has 2 amide bonds. The molecule has 1 saturated heterocycles. The summed E-state index contributed by atoms with van der Waals surface area (Å²) in [4.78, 5) is 50.2. The number of likely N-dealkylation sites (tertiary alicyclic amines) is 1. The van der Waals surface area contributed by atoms with Gasteiger partial charge < -0.3 is 10.2 Å². The molecule has 2 aromatic heterocycles. The SMILES string of the molecule is CCCC(C)(C)CNC(=O)[C@@H]1C[C@@]2(C)C[C@H]2N1C(=O)Cn1nc(C(C)=O)c2cc(-c3cnc(C)nc3)cc(C)c21. The Bertz CT molecular complexity index is 1490. The molecule has 212 valence electrons. The number of aryl methyl sites for hydroxylation is 2. The van der Waals surface area contributed by atoms with Crippen LogP contribution in [-0.2, 0) is 16.1 Å². The summed E-state index contributed by atoms with van der Waals surface area (Å²) in [7, 11) is 0. The van der Waals surface area contributed by atoms with Gasteiger partial charge in [0, 0.05) is 42.9 Å². The summed E-state index contributed by atoms with van der Waals surface area (Å²) in [6.07, 6.45) is 7.17. The van der Waals surface area contributed by atoms with Crippen molar-refractivity contribution in [2.24, 2.45) is 10.8 Å². The predicted molar refractivity (Wildman–Crippen MR) is 154 cm³/mol. The maximum atomic E-state index is 13.9. The zero-order valence-corrected chi connectivity index (χ0v) is 24.7. The molecule has 1 N–H and O–H groups in total. The molecule has 0 bridgehead atoms. The molecule has 3 heterocycles. The topological polar surface area (TPSA) is 110 Å². The molecule has 1 aliphatic heterocycles. The lowest BCUT2D eigenvalue weighted by Gasteiger charge is -2.29. The van der Waals surface area contributed by atoms with Crippen molar-refractivity contribution >= 4 is 28.5 Å². The Kier molecular flexibility index (Phi) is 7.04. The number of benzene rings is 1. The van der Waals surface area contributed by atoms with Crippen LogP contribution in [0.1, 0.15) is 82.2 Å². The number of hydrogen-bond donors (Lipinski definition) is 1. The molecule has 40 heavy (non-hydrogen) atoms. The highest BCUT2D eigenvalue weighted by molar-refractivity contribution is 6.07. The van der Waals surface area contributed by atoms with E-state index in [-0.39, 0.29) is 41.0 Å². The van der Waals surface area contributed by atoms with E-state index in [1.54, 1.807) is 22.0 Å². The predicted octanol–water partition coefficient (Wildman–Crippen LogP) is 4.63. The Morgan fingerprint density at radius 2 is 1.80 bits per heavy atom. The normalized spacial score (nSPS) is 21.9. The number of aromatic nitrogens is 4. The van der Waals surface area contributed by atoms with Crippen molar-refractivity contribution in [2.45, 2.75) is 92.8 Å². The van der Waals surface area contributed by atoms with Crippen molar-refractivity contribution in [2.75, 3.05) is 6.54 Å². The number of hydrogen-bond acceptors (Lipinski definition) is 6. The number of carbonyl (C=O) groups excluding carboxylic acids is 3. The number of ketones is 1. The van der Waals surface area contributed by atoms with Crippen LogP contribution in [-0.4, -0.2) is 60.9 Å². The summed E-state index contributed by atoms with van der Waals surface area (Å²) in [5.74, 6) is 0.286. The highest BCUT2D eigenvalue weighted by Crippen LogP contribution is 2.59. The molecule has 2 fully saturated rings. The van der Waals surface area contributed by atoms with Crippen LogP contribution < -0.4 is 5.32 Å². The third-order valence-corrected chi connectivity index (χ3v) is 8.66. The largest absolute Gasteiger partial charge is 0.354 e. The van der Waals surface area contributed by atoms with Gasteiger partial charge in [-0.05, 0) is 67.2 Å². The maximum absolute atomic E-state index is 13.9. The number of nitrogens with zero attached hydrogens (tertiary/aromatic N) is 5. The fraction of sp³-hybridized carbons (Fsp3) is 0.548. The van der Waals surface area contributed by atoms with Gasteiger partial charge in [-0.2, -0.15) is 5.10 Å². The van der Waals surface area contributed by atoms with Crippen molar-refractivity contribution in [1.82, 2.24) is 30.0 Å². The lowest BCUT2D eigenvalue weighted by molar-refractivity contribution is -0.140. The first kappa shape index (κ1) is 27.9. The number of amides is 2. The van der Waals surface area contributed by atoms with Gasteiger partial charge in [-0.1, -0.05) is 34.1 Å². The van der Waals surface area contributed by atoms with E-state index in [1.165, 1.54) is 6.92 Å². The Morgan fingerprint density at radius 1 is 1.10 bits per heavy atom. The van der Waals surface area contributed by atoms with E-state index in [4.69, 9.17) is 0 Å². The standard InChI is InChI=1S/C31H40N6O3/c1-8-9-30(5,6)17-34-29(40)24-12-31(7)13-25(31)37(24)26(39)16-36-28-18(2)10-21(22-14-32-20(4)33-15-22)11-23(28)27(35-36)19(3)38/h10-11,14-15,24-25H,8-9,12-13,16-17H2,1-7H3,(H,34,40)/t24-,25+,31-/m0/s1. The highest BCUT2D eigenvalue weighted by Gasteiger charge is 2.64. The molecule has 5 rings (SSSR count). The quantitative estimate of drug-likeness (QED) is 0.393. The maximum Gasteiger partial charge on any atom is 0.245 e. The van der Waals surface area contributed by atoms with Gasteiger partial charge in [0.25, 0.3) is 0 Å². The van der Waals surface area contributed by atoms with Crippen molar-refractivity contribution < 1.29 is 14.4 Å². The van der Waals surface area contributed by atoms with Crippen LogP contribution in [0.4, 0.5) is 0 Å². The first-order valence-corrected chi connectivity index (χ1v) is 14.2. The van der Waals surface area contributed by atoms with E-state index >= 15 is 0 Å². The highest BCUT2D eigenvalue weighted by atomic mass is 16.2. The number of nitrogens with one attached hydrogen (secondary N) is 1. The summed E-state index contributed by atoms with van der Waals surface area (Å²) in [6.45, 7) is 14.4. The Labute approximate surface area is 235 Å². The van der Waals surface area contributed by atoms with Crippen molar-refractivity contribution in [1.29, 1.82) is 0 Å². The summed E-state index contributed by atoms with van der Waals surface area (Å²) in [5, 5.41) is 8.44. The average Bonchev–Trinajstić information content (AvgIpc) is 3.24. The van der Waals surface area contributed by atoms with Crippen LogP contribution in [0.3, 0.4) is 0 Å². The molecule has 3 aromatic rings. The first-order chi connectivity index (χ1) is 18.8. The lowest BCUT2D eigenvalue weighted by Crippen LogP contribution is -2.50. The molecule has 9 nitrogen and oxygen atoms in total. The van der Waals surface area contributed by atoms with Gasteiger partial charge in [0.2, 0.25) is 11.8 Å². The number of carbonyl (C=O) groups is 3. The van der Waals surface area contributed by atoms with E-state index in [2.05, 4.69) is 48.1 Å². The van der Waals surface area contributed by atoms with Crippen molar-refractivity contribution in [3.05, 3.63) is 41.6 Å². The van der Waals surface area contributed by atoms with Gasteiger partial charge in [0.05, 0.1) is 5.52 Å². The fourth-order valence-electron chi connectivity index (χ4n) is 6.39. The molecule has 1 aliphatic carbocycles. The number of piperidine rings is 1. The van der Waals surface area contributed by atoms with Gasteiger partial charge in [-0.3, -0.25) is 19.1 Å². The molecule has 0 spiro atoms. The van der Waals surface area contributed by atoms with E-state index in [1.807, 2.05) is 26.0 Å². The van der Waals surface area contributed by atoms with Gasteiger partial charge in [0.15, 0.2) is 5.78 Å². The minimum atomic E-state index is -0.489. The monoisotopic (exact) mass is 544 g/mol. The Morgan fingerprint density at radius 3 is 2.45 bits per heavy atom. The molecule has 1 saturated carbocycles. The minimum absolute atomic E-state index is 0.00280. The average molecular weight is 545 g/mol. The molecular weight excluding hydrogens is 504 g/mol. The second-order valence-corrected chi connectivity index (χ2v) is 12.8. The molecule has 9 heteroatoms. The van der Waals surface area contributed by atoms with Gasteiger partial charge in [-0.25, -0.2) is 9.97 Å². The summed E-state index contributed by atoms with van der Waals surface area (Å²) >= 11 is 0. The van der Waals surface area contributed by atoms with Crippen LogP contribution in [0.15, 0.2) is 24.5 Å². The summed E-state index contributed by atoms with van der Waals surface area (Å²) < 4.78 is 1.64. The molecule has 2 aliphatic rings. The number of Topliss-reactive ketones (excluding diaryl/α,β-unsaturated/α-hetero) is 1. The Hall–Kier alpha value is -3.62. The van der Waals surface area contributed by atoms with E-state index < -0.39 is 6.04 Å². The third-order valence-electron chi connectivity index (χ3n) is 8.66. The van der Waals surface area contributed by atoms with Gasteiger partial charge in [0.1, 0.15) is 24.1 Å². The van der Waals surface area contributed by atoms with Crippen LogP contribution >= 0.6 is 0 Å². The summed E-state index contributed by atoms with van der Waals surface area (Å²) in [5.41, 5.74) is 3.67. The Balaban J connectivity index is 1.43. The molecule has 1 aromatic carbocycles. The second kappa shape index (κ2) is 10.1. The number of fused-ring (bicyclic) bond motifs is 2. The van der Waals surface area contributed by atoms with Crippen LogP contribution in [0.25, 0.3) is 22.0 Å². The smallest absolute Gasteiger partial charge is 0.245 e. The molecular formula is C31H40N6O3. The third kappa shape index (κ3) is 5.13. The van der Waals surface area contributed by atoms with E-state index in [0.717, 1.165) is 41.5 Å². The van der Waals surface area contributed by atoms with Gasteiger partial charge >= 0.3 is 0 Å². The van der Waals surface area contributed by atoms with E-state index in [9.17, 15) is 14.4 Å². The van der Waals surface area contributed by atoms with Crippen molar-refractivity contribution in [3.8, 4) is 11.1 Å². The van der Waals surface area contributed by atoms with E-state index in [0.29, 0.717) is 29.9 Å². The molecule has 3 atom stereocenters. The minimum Gasteiger partial charge on any atom is -0.354 e. The lowest BCUT2D eigenvalue weighted by atomic mass is 9.88.